The Labute approximate surface area is 280 Å². The Hall–Kier alpha value is 3.85. The first kappa shape index (κ1) is 35.9. The van der Waals surface area contributed by atoms with Crippen LogP contribution in [-0.4, -0.2) is 16.9 Å². The second-order valence-electron chi connectivity index (χ2n) is 8.63. The number of ether oxygens (including phenoxy) is 1. The highest BCUT2D eigenvalue weighted by molar-refractivity contribution is 14.2. The number of alkyl halides is 6. The van der Waals surface area contributed by atoms with Crippen molar-refractivity contribution >= 4 is 142 Å². The fourth-order valence-corrected chi connectivity index (χ4v) is 9.48. The molecule has 0 aliphatic carbocycles. The van der Waals surface area contributed by atoms with E-state index in [2.05, 4.69) is 142 Å². The van der Waals surface area contributed by atoms with Gasteiger partial charge in [0.2, 0.25) is 0 Å². The first-order valence-electron chi connectivity index (χ1n) is 12.3. The SMILES string of the molecule is CCCCCCCCCCCCCCCCCCC(I)(I)C(I)(I)C(I)(I)C(=O)OCC. The Morgan fingerprint density at radius 2 is 0.938 bits per heavy atom. The van der Waals surface area contributed by atoms with Gasteiger partial charge in [-0.2, -0.15) is 0 Å². The van der Waals surface area contributed by atoms with E-state index in [1.54, 1.807) is 0 Å². The number of hydrogen-bond acceptors (Lipinski definition) is 2. The van der Waals surface area contributed by atoms with E-state index in [1.807, 2.05) is 6.92 Å². The second kappa shape index (κ2) is 20.8. The lowest BCUT2D eigenvalue weighted by Gasteiger charge is -2.42. The molecule has 0 aliphatic rings. The summed E-state index contributed by atoms with van der Waals surface area (Å²) in [4.78, 5) is 12.5. The zero-order chi connectivity index (χ0) is 24.5. The number of unbranched alkanes of at least 4 members (excludes halogenated alkanes) is 15. The van der Waals surface area contributed by atoms with Crippen molar-refractivity contribution in [2.75, 3.05) is 6.61 Å². The number of carbonyl (C=O) groups is 1. The first-order valence-corrected chi connectivity index (χ1v) is 18.8. The minimum absolute atomic E-state index is 0.00518. The molecule has 192 valence electrons. The third-order valence-corrected chi connectivity index (χ3v) is 22.6. The van der Waals surface area contributed by atoms with Crippen LogP contribution in [0.25, 0.3) is 0 Å². The third-order valence-electron chi connectivity index (χ3n) is 5.73. The minimum atomic E-state index is -0.586. The molecule has 0 saturated carbocycles. The van der Waals surface area contributed by atoms with Gasteiger partial charge in [0.25, 0.3) is 0 Å². The highest BCUT2D eigenvalue weighted by atomic mass is 127. The molecule has 0 aliphatic heterocycles. The second-order valence-corrected chi connectivity index (χ2v) is 25.0. The van der Waals surface area contributed by atoms with Gasteiger partial charge in [-0.25, -0.2) is 4.79 Å². The smallest absolute Gasteiger partial charge is 0.334 e. The third kappa shape index (κ3) is 14.7. The molecule has 0 fully saturated rings. The number of hydrogen-bond donors (Lipinski definition) is 0. The average Bonchev–Trinajstić information content (AvgIpc) is 2.73. The lowest BCUT2D eigenvalue weighted by molar-refractivity contribution is -0.142. The quantitative estimate of drug-likeness (QED) is 0.0496. The number of halogens is 6. The van der Waals surface area contributed by atoms with Crippen LogP contribution < -0.4 is 0 Å². The molecule has 0 aromatic rings. The largest absolute Gasteiger partial charge is 0.464 e. The molecule has 0 radical (unpaired) electrons. The van der Waals surface area contributed by atoms with Gasteiger partial charge in [-0.15, -0.1) is 0 Å². The molecule has 0 spiro atoms. The van der Waals surface area contributed by atoms with E-state index in [4.69, 9.17) is 4.74 Å². The van der Waals surface area contributed by atoms with E-state index >= 15 is 0 Å². The Balaban J connectivity index is 3.83. The van der Waals surface area contributed by atoms with Crippen molar-refractivity contribution < 1.29 is 9.53 Å². The molecule has 0 aromatic heterocycles. The lowest BCUT2D eigenvalue weighted by Crippen LogP contribution is -2.52. The molecule has 0 rings (SSSR count). The molecular formula is C24H42I6O2. The standard InChI is InChI=1S/C24H42I6O2/c1-3-5-6-7-8-9-10-11-12-13-14-15-16-17-18-19-20-22(25,26)24(29,30)23(27,28)21(31)32-4-2/h3-20H2,1-2H3. The topological polar surface area (TPSA) is 26.3 Å². The van der Waals surface area contributed by atoms with Crippen LogP contribution in [0.15, 0.2) is 0 Å². The van der Waals surface area contributed by atoms with E-state index in [9.17, 15) is 4.79 Å². The van der Waals surface area contributed by atoms with Gasteiger partial charge in [-0.3, -0.25) is 0 Å². The first-order chi connectivity index (χ1) is 15.0. The van der Waals surface area contributed by atoms with Crippen LogP contribution in [0.1, 0.15) is 123 Å². The molecule has 0 bridgehead atoms. The van der Waals surface area contributed by atoms with Crippen molar-refractivity contribution in [1.82, 2.24) is 0 Å². The maximum atomic E-state index is 12.5. The van der Waals surface area contributed by atoms with E-state index in [-0.39, 0.29) is 8.83 Å². The predicted molar refractivity (Wildman–Crippen MR) is 193 cm³/mol. The summed E-state index contributed by atoms with van der Waals surface area (Å²) >= 11 is 14.6. The summed E-state index contributed by atoms with van der Waals surface area (Å²) in [6, 6.07) is 0. The molecule has 0 unspecified atom stereocenters. The summed E-state index contributed by atoms with van der Waals surface area (Å²) in [7, 11) is 0. The maximum Gasteiger partial charge on any atom is 0.334 e. The Kier molecular flexibility index (Phi) is 23.3. The Bertz CT molecular complexity index is 483. The van der Waals surface area contributed by atoms with Crippen LogP contribution >= 0.6 is 136 Å². The van der Waals surface area contributed by atoms with Gasteiger partial charge in [-0.1, -0.05) is 245 Å². The van der Waals surface area contributed by atoms with Crippen LogP contribution in [-0.2, 0) is 9.53 Å². The van der Waals surface area contributed by atoms with Gasteiger partial charge in [0, 0.05) is 0 Å². The molecule has 2 nitrogen and oxygen atoms in total. The number of carbonyl (C=O) groups excluding carboxylic acids is 1. The zero-order valence-corrected chi connectivity index (χ0v) is 32.8. The highest BCUT2D eigenvalue weighted by Crippen LogP contribution is 2.63. The van der Waals surface area contributed by atoms with E-state index in [0.717, 1.165) is 6.42 Å². The van der Waals surface area contributed by atoms with Gasteiger partial charge < -0.3 is 4.74 Å². The van der Waals surface area contributed by atoms with E-state index in [0.29, 0.717) is 6.61 Å². The van der Waals surface area contributed by atoms with Crippen LogP contribution in [0.2, 0.25) is 0 Å². The molecule has 8 heteroatoms. The van der Waals surface area contributed by atoms with Crippen LogP contribution in [0.5, 0.6) is 0 Å². The number of rotatable bonds is 21. The summed E-state index contributed by atoms with van der Waals surface area (Å²) < 4.78 is 4.52. The fourth-order valence-electron chi connectivity index (χ4n) is 3.63. The van der Waals surface area contributed by atoms with Crippen molar-refractivity contribution in [3.8, 4) is 0 Å². The van der Waals surface area contributed by atoms with Gasteiger partial charge in [-0.05, 0) is 13.3 Å². The molecule has 0 heterocycles. The summed E-state index contributed by atoms with van der Waals surface area (Å²) in [5, 5.41) is 0. The predicted octanol–water partition coefficient (Wildman–Crippen LogP) is 11.9. The molecule has 0 amide bonds. The lowest BCUT2D eigenvalue weighted by atomic mass is 10.0. The van der Waals surface area contributed by atoms with Crippen molar-refractivity contribution in [3.05, 3.63) is 0 Å². The van der Waals surface area contributed by atoms with Crippen molar-refractivity contribution in [1.29, 1.82) is 0 Å². The summed E-state index contributed by atoms with van der Waals surface area (Å²) in [6.45, 7) is 4.60. The molecule has 32 heavy (non-hydrogen) atoms. The van der Waals surface area contributed by atoms with E-state index in [1.165, 1.54) is 103 Å². The number of esters is 1. The summed E-state index contributed by atoms with van der Waals surface area (Å²) in [5.74, 6) is -0.116. The van der Waals surface area contributed by atoms with Gasteiger partial charge in [0.15, 0.2) is 1.43 Å². The highest BCUT2D eigenvalue weighted by Gasteiger charge is 2.61. The maximum absolute atomic E-state index is 12.5. The van der Waals surface area contributed by atoms with Crippen LogP contribution in [0.3, 0.4) is 0 Å². The van der Waals surface area contributed by atoms with Crippen molar-refractivity contribution in [3.63, 3.8) is 0 Å². The molecule has 0 atom stereocenters. The molecule has 0 N–H and O–H groups in total. The molecular weight excluding hydrogens is 1080 g/mol. The molecule has 0 aromatic carbocycles. The Morgan fingerprint density at radius 3 is 1.28 bits per heavy atom. The summed E-state index contributed by atoms with van der Waals surface area (Å²) in [6.07, 6.45) is 23.5. The normalized spacial score (nSPS) is 12.9. The fraction of sp³-hybridized carbons (Fsp3) is 0.958. The monoisotopic (exact) mass is 1120 g/mol. The van der Waals surface area contributed by atoms with Gasteiger partial charge >= 0.3 is 5.97 Å². The average molecular weight is 1120 g/mol. The zero-order valence-electron chi connectivity index (χ0n) is 19.8. The summed E-state index contributed by atoms with van der Waals surface area (Å²) in [5.41, 5.74) is 0. The van der Waals surface area contributed by atoms with Crippen molar-refractivity contribution in [2.45, 2.75) is 127 Å². The van der Waals surface area contributed by atoms with Crippen LogP contribution in [0.4, 0.5) is 0 Å². The van der Waals surface area contributed by atoms with Crippen LogP contribution in [0, 0.1) is 0 Å². The van der Waals surface area contributed by atoms with Gasteiger partial charge in [0.1, 0.15) is 1.43 Å². The van der Waals surface area contributed by atoms with E-state index < -0.39 is 1.43 Å². The molecule has 0 saturated heterocycles. The minimum Gasteiger partial charge on any atom is -0.464 e. The van der Waals surface area contributed by atoms with Crippen molar-refractivity contribution in [2.24, 2.45) is 0 Å². The van der Waals surface area contributed by atoms with Gasteiger partial charge in [0.05, 0.1) is 8.04 Å². The Morgan fingerprint density at radius 1 is 0.594 bits per heavy atom.